The molecule has 0 radical (unpaired) electrons. The number of carboxylic acid groups (broad SMARTS) is 1. The van der Waals surface area contributed by atoms with Crippen molar-refractivity contribution in [3.63, 3.8) is 0 Å². The topological polar surface area (TPSA) is 200 Å². The van der Waals surface area contributed by atoms with E-state index in [-0.39, 0.29) is 6.42 Å². The number of carboxylic acids is 1. The summed E-state index contributed by atoms with van der Waals surface area (Å²) in [5, 5.41) is 29.2. The van der Waals surface area contributed by atoms with Crippen LogP contribution in [0.2, 0.25) is 0 Å². The van der Waals surface area contributed by atoms with Gasteiger partial charge in [0.1, 0.15) is 6.04 Å². The molecule has 11 nitrogen and oxygen atoms in total. The zero-order chi connectivity index (χ0) is 18.5. The summed E-state index contributed by atoms with van der Waals surface area (Å²) < 4.78 is 15.0. The second-order valence-electron chi connectivity index (χ2n) is 4.78. The number of amides is 1. The van der Waals surface area contributed by atoms with E-state index in [0.29, 0.717) is 5.56 Å². The molecule has 0 aromatic heterocycles. The zero-order valence-corrected chi connectivity index (χ0v) is 13.1. The standard InChI is InChI=1S/C12H17N2O9P/c13-7(11(17)14-8(5-15)12(18)19)3-6-1-2-10(9(16)4-6)23-24(20,21)22/h1-2,4,7-8,15-16H,3,5,13H2,(H,14,17)(H,18,19)(H2,20,21,22)/t7-,8-/m0/s1. The van der Waals surface area contributed by atoms with Crippen LogP contribution in [0, 0.1) is 0 Å². The number of hydrogen-bond donors (Lipinski definition) is 7. The normalized spacial score (nSPS) is 13.8. The lowest BCUT2D eigenvalue weighted by molar-refractivity contribution is -0.143. The van der Waals surface area contributed by atoms with E-state index in [4.69, 9.17) is 25.7 Å². The maximum Gasteiger partial charge on any atom is 0.524 e. The Morgan fingerprint density at radius 1 is 1.33 bits per heavy atom. The second kappa shape index (κ2) is 8.08. The molecule has 0 unspecified atom stereocenters. The van der Waals surface area contributed by atoms with E-state index in [2.05, 4.69) is 4.52 Å². The number of aromatic hydroxyl groups is 1. The molecule has 1 rings (SSSR count). The van der Waals surface area contributed by atoms with E-state index in [1.807, 2.05) is 5.32 Å². The number of carbonyl (C=O) groups excluding carboxylic acids is 1. The first kappa shape index (κ1) is 19.9. The van der Waals surface area contributed by atoms with Gasteiger partial charge in [0.2, 0.25) is 5.91 Å². The number of aliphatic hydroxyl groups excluding tert-OH is 1. The van der Waals surface area contributed by atoms with Gasteiger partial charge in [-0.2, -0.15) is 0 Å². The van der Waals surface area contributed by atoms with Gasteiger partial charge < -0.3 is 30.9 Å². The van der Waals surface area contributed by atoms with Crippen molar-refractivity contribution in [2.24, 2.45) is 5.73 Å². The van der Waals surface area contributed by atoms with Crippen LogP contribution >= 0.6 is 7.82 Å². The minimum absolute atomic E-state index is 0.104. The number of aliphatic hydroxyl groups is 1. The van der Waals surface area contributed by atoms with Gasteiger partial charge in [0, 0.05) is 0 Å². The van der Waals surface area contributed by atoms with Crippen molar-refractivity contribution in [2.45, 2.75) is 18.5 Å². The van der Waals surface area contributed by atoms with Crippen molar-refractivity contribution in [2.75, 3.05) is 6.61 Å². The van der Waals surface area contributed by atoms with Gasteiger partial charge in [0.25, 0.3) is 0 Å². The lowest BCUT2D eigenvalue weighted by atomic mass is 10.0. The van der Waals surface area contributed by atoms with Crippen LogP contribution in [0.15, 0.2) is 18.2 Å². The SMILES string of the molecule is N[C@@H](Cc1ccc(OP(=O)(O)O)c(O)c1)C(=O)N[C@@H](CO)C(=O)O. The Labute approximate surface area is 135 Å². The summed E-state index contributed by atoms with van der Waals surface area (Å²) in [6, 6.07) is 0.835. The zero-order valence-electron chi connectivity index (χ0n) is 12.2. The number of benzene rings is 1. The summed E-state index contributed by atoms with van der Waals surface area (Å²) in [6.45, 7) is -0.803. The third-order valence-electron chi connectivity index (χ3n) is 2.83. The highest BCUT2D eigenvalue weighted by molar-refractivity contribution is 7.46. The Morgan fingerprint density at radius 2 is 1.96 bits per heavy atom. The Balaban J connectivity index is 2.75. The van der Waals surface area contributed by atoms with Gasteiger partial charge in [0.15, 0.2) is 11.5 Å². The molecule has 0 fully saturated rings. The fraction of sp³-hybridized carbons (Fsp3) is 0.333. The first-order valence-electron chi connectivity index (χ1n) is 6.50. The van der Waals surface area contributed by atoms with Crippen molar-refractivity contribution in [3.8, 4) is 11.5 Å². The predicted octanol–water partition coefficient (Wildman–Crippen LogP) is -1.70. The van der Waals surface area contributed by atoms with Crippen LogP contribution in [0.5, 0.6) is 11.5 Å². The summed E-state index contributed by atoms with van der Waals surface area (Å²) >= 11 is 0. The molecular weight excluding hydrogens is 347 g/mol. The summed E-state index contributed by atoms with van der Waals surface area (Å²) in [4.78, 5) is 39.8. The molecule has 134 valence electrons. The van der Waals surface area contributed by atoms with Crippen LogP contribution in [0.25, 0.3) is 0 Å². The Hall–Kier alpha value is -2.17. The van der Waals surface area contributed by atoms with Crippen molar-refractivity contribution in [1.82, 2.24) is 5.32 Å². The number of phenols is 1. The smallest absolute Gasteiger partial charge is 0.504 e. The molecule has 0 bridgehead atoms. The highest BCUT2D eigenvalue weighted by Gasteiger charge is 2.23. The second-order valence-corrected chi connectivity index (χ2v) is 5.94. The molecule has 0 heterocycles. The molecule has 0 saturated carbocycles. The molecule has 0 aliphatic carbocycles. The van der Waals surface area contributed by atoms with Gasteiger partial charge in [-0.3, -0.25) is 14.6 Å². The Kier molecular flexibility index (Phi) is 6.70. The third kappa shape index (κ3) is 6.14. The molecule has 1 amide bonds. The molecule has 0 aliphatic rings. The maximum absolute atomic E-state index is 11.8. The number of nitrogens with two attached hydrogens (primary N) is 1. The lowest BCUT2D eigenvalue weighted by Crippen LogP contribution is -2.50. The van der Waals surface area contributed by atoms with Crippen molar-refractivity contribution < 1.29 is 43.8 Å². The average Bonchev–Trinajstić information content (AvgIpc) is 2.45. The number of rotatable bonds is 8. The lowest BCUT2D eigenvalue weighted by Gasteiger charge is -2.16. The molecular formula is C12H17N2O9P. The van der Waals surface area contributed by atoms with Crippen LogP contribution in [0.4, 0.5) is 0 Å². The molecule has 1 aromatic rings. The van der Waals surface area contributed by atoms with Crippen molar-refractivity contribution in [3.05, 3.63) is 23.8 Å². The molecule has 8 N–H and O–H groups in total. The molecule has 1 aromatic carbocycles. The molecule has 0 aliphatic heterocycles. The van der Waals surface area contributed by atoms with Crippen molar-refractivity contribution >= 4 is 19.7 Å². The number of nitrogens with one attached hydrogen (secondary N) is 1. The van der Waals surface area contributed by atoms with Gasteiger partial charge >= 0.3 is 13.8 Å². The maximum atomic E-state index is 11.8. The third-order valence-corrected chi connectivity index (χ3v) is 3.26. The van der Waals surface area contributed by atoms with E-state index in [1.165, 1.54) is 6.07 Å². The molecule has 2 atom stereocenters. The Morgan fingerprint density at radius 3 is 2.42 bits per heavy atom. The quantitative estimate of drug-likeness (QED) is 0.261. The van der Waals surface area contributed by atoms with Crippen LogP contribution in [-0.4, -0.2) is 55.7 Å². The van der Waals surface area contributed by atoms with E-state index in [9.17, 15) is 19.3 Å². The summed E-state index contributed by atoms with van der Waals surface area (Å²) in [7, 11) is -4.83. The van der Waals surface area contributed by atoms with E-state index in [0.717, 1.165) is 12.1 Å². The number of aliphatic carboxylic acids is 1. The van der Waals surface area contributed by atoms with Gasteiger partial charge in [0.05, 0.1) is 12.6 Å². The number of phosphoric acid groups is 1. The summed E-state index contributed by atoms with van der Waals surface area (Å²) in [5.74, 6) is -3.26. The Bertz CT molecular complexity index is 660. The van der Waals surface area contributed by atoms with Crippen LogP contribution < -0.4 is 15.6 Å². The highest BCUT2D eigenvalue weighted by Crippen LogP contribution is 2.41. The fourth-order valence-corrected chi connectivity index (χ4v) is 2.12. The van der Waals surface area contributed by atoms with Gasteiger partial charge in [-0.15, -0.1) is 0 Å². The number of carbonyl (C=O) groups is 2. The fourth-order valence-electron chi connectivity index (χ4n) is 1.71. The molecule has 0 saturated heterocycles. The number of phenolic OH excluding ortho intramolecular Hbond substituents is 1. The summed E-state index contributed by atoms with van der Waals surface area (Å²) in [6.07, 6.45) is -0.104. The van der Waals surface area contributed by atoms with Crippen molar-refractivity contribution in [1.29, 1.82) is 0 Å². The van der Waals surface area contributed by atoms with Crippen LogP contribution in [-0.2, 0) is 20.6 Å². The van der Waals surface area contributed by atoms with Gasteiger partial charge in [-0.05, 0) is 24.1 Å². The number of hydrogen-bond acceptors (Lipinski definition) is 7. The minimum atomic E-state index is -4.83. The van der Waals surface area contributed by atoms with Gasteiger partial charge in [-0.1, -0.05) is 6.07 Å². The van der Waals surface area contributed by atoms with Crippen LogP contribution in [0.3, 0.4) is 0 Å². The summed E-state index contributed by atoms with van der Waals surface area (Å²) in [5.41, 5.74) is 5.96. The van der Waals surface area contributed by atoms with E-state index in [1.54, 1.807) is 0 Å². The molecule has 24 heavy (non-hydrogen) atoms. The predicted molar refractivity (Wildman–Crippen MR) is 79.1 cm³/mol. The largest absolute Gasteiger partial charge is 0.524 e. The average molecular weight is 364 g/mol. The van der Waals surface area contributed by atoms with E-state index >= 15 is 0 Å². The van der Waals surface area contributed by atoms with Crippen LogP contribution in [0.1, 0.15) is 5.56 Å². The van der Waals surface area contributed by atoms with Gasteiger partial charge in [-0.25, -0.2) is 9.36 Å². The first-order chi connectivity index (χ1) is 11.0. The highest BCUT2D eigenvalue weighted by atomic mass is 31.2. The monoisotopic (exact) mass is 364 g/mol. The molecule has 12 heteroatoms. The first-order valence-corrected chi connectivity index (χ1v) is 8.03. The van der Waals surface area contributed by atoms with E-state index < -0.39 is 49.9 Å². The minimum Gasteiger partial charge on any atom is -0.504 e. The number of phosphoric ester groups is 1. The molecule has 0 spiro atoms.